The molecule has 0 aromatic rings. The van der Waals surface area contributed by atoms with E-state index in [2.05, 4.69) is 26.1 Å². The van der Waals surface area contributed by atoms with Crippen LogP contribution < -0.4 is 5.32 Å². The summed E-state index contributed by atoms with van der Waals surface area (Å²) >= 11 is 0. The average Bonchev–Trinajstić information content (AvgIpc) is 2.10. The van der Waals surface area contributed by atoms with Gasteiger partial charge in [0, 0.05) is 6.04 Å². The Morgan fingerprint density at radius 2 is 1.86 bits per heavy atom. The van der Waals surface area contributed by atoms with Crippen molar-refractivity contribution in [3.8, 4) is 0 Å². The van der Waals surface area contributed by atoms with E-state index in [4.69, 9.17) is 4.74 Å². The fourth-order valence-electron chi connectivity index (χ4n) is 1.23. The molecule has 0 spiro atoms. The van der Waals surface area contributed by atoms with Crippen LogP contribution in [0.1, 0.15) is 41.0 Å². The minimum absolute atomic E-state index is 0.0146. The maximum Gasteiger partial charge on any atom is 0.246 e. The van der Waals surface area contributed by atoms with Crippen LogP contribution in [-0.2, 0) is 9.53 Å². The van der Waals surface area contributed by atoms with E-state index in [0.717, 1.165) is 6.42 Å². The molecule has 1 N–H and O–H groups in total. The van der Waals surface area contributed by atoms with Crippen molar-refractivity contribution >= 4 is 5.91 Å². The lowest BCUT2D eigenvalue weighted by Gasteiger charge is -2.20. The van der Waals surface area contributed by atoms with Crippen LogP contribution in [0.4, 0.5) is 0 Å². The lowest BCUT2D eigenvalue weighted by Crippen LogP contribution is -2.40. The van der Waals surface area contributed by atoms with Crippen molar-refractivity contribution in [3.63, 3.8) is 0 Å². The number of carbonyl (C=O) groups is 1. The summed E-state index contributed by atoms with van der Waals surface area (Å²) in [7, 11) is 0. The number of hydrogen-bond acceptors (Lipinski definition) is 2. The molecule has 0 heterocycles. The van der Waals surface area contributed by atoms with Crippen molar-refractivity contribution in [2.24, 2.45) is 5.92 Å². The summed E-state index contributed by atoms with van der Waals surface area (Å²) in [6.45, 7) is 10.3. The van der Waals surface area contributed by atoms with Gasteiger partial charge < -0.3 is 10.1 Å². The molecule has 0 saturated heterocycles. The van der Waals surface area contributed by atoms with Crippen LogP contribution >= 0.6 is 0 Å². The Balaban J connectivity index is 3.79. The Hall–Kier alpha value is -0.570. The Bertz CT molecular complexity index is 167. The molecule has 3 nitrogen and oxygen atoms in total. The first-order valence-electron chi connectivity index (χ1n) is 5.38. The van der Waals surface area contributed by atoms with Crippen molar-refractivity contribution in [1.82, 2.24) is 5.32 Å². The van der Waals surface area contributed by atoms with Crippen molar-refractivity contribution < 1.29 is 9.53 Å². The Morgan fingerprint density at radius 3 is 2.21 bits per heavy atom. The molecule has 0 aliphatic rings. The van der Waals surface area contributed by atoms with E-state index in [1.807, 2.05) is 13.8 Å². The molecule has 1 atom stereocenters. The first-order chi connectivity index (χ1) is 6.47. The topological polar surface area (TPSA) is 38.3 Å². The molecule has 0 aliphatic carbocycles. The highest BCUT2D eigenvalue weighted by atomic mass is 16.5. The molecule has 84 valence electrons. The molecule has 3 heteroatoms. The second kappa shape index (κ2) is 6.82. The third-order valence-electron chi connectivity index (χ3n) is 2.14. The third-order valence-corrected chi connectivity index (χ3v) is 2.14. The van der Waals surface area contributed by atoms with Gasteiger partial charge in [-0.25, -0.2) is 0 Å². The summed E-state index contributed by atoms with van der Waals surface area (Å²) in [4.78, 5) is 11.4. The fourth-order valence-corrected chi connectivity index (χ4v) is 1.23. The van der Waals surface area contributed by atoms with Crippen molar-refractivity contribution in [3.05, 3.63) is 0 Å². The molecule has 1 unspecified atom stereocenters. The largest absolute Gasteiger partial charge is 0.369 e. The molecule has 0 saturated carbocycles. The predicted octanol–water partition coefficient (Wildman–Crippen LogP) is 1.96. The monoisotopic (exact) mass is 201 g/mol. The van der Waals surface area contributed by atoms with Gasteiger partial charge in [0.05, 0.1) is 6.10 Å². The quantitative estimate of drug-likeness (QED) is 0.713. The molecule has 14 heavy (non-hydrogen) atoms. The number of amides is 1. The van der Waals surface area contributed by atoms with Crippen LogP contribution in [0.3, 0.4) is 0 Å². The van der Waals surface area contributed by atoms with E-state index in [9.17, 15) is 4.79 Å². The maximum absolute atomic E-state index is 11.4. The van der Waals surface area contributed by atoms with E-state index >= 15 is 0 Å². The van der Waals surface area contributed by atoms with Gasteiger partial charge in [-0.05, 0) is 26.2 Å². The van der Waals surface area contributed by atoms with Crippen molar-refractivity contribution in [1.29, 1.82) is 0 Å². The number of ether oxygens (including phenoxy) is 1. The standard InChI is InChI=1S/C11H23NO2/c1-6-10(8(2)3)12-11(13)7-14-9(4)5/h8-10H,6-7H2,1-5H3,(H,12,13). The molecule has 0 radical (unpaired) electrons. The molecule has 0 aromatic carbocycles. The van der Waals surface area contributed by atoms with Crippen LogP contribution in [0.25, 0.3) is 0 Å². The second-order valence-electron chi connectivity index (χ2n) is 4.19. The molecule has 1 amide bonds. The average molecular weight is 201 g/mol. The molecule has 0 aromatic heterocycles. The van der Waals surface area contributed by atoms with Gasteiger partial charge in [-0.3, -0.25) is 4.79 Å². The van der Waals surface area contributed by atoms with Gasteiger partial charge in [0.15, 0.2) is 0 Å². The summed E-state index contributed by atoms with van der Waals surface area (Å²) in [5.74, 6) is 0.460. The van der Waals surface area contributed by atoms with Crippen LogP contribution in [0.15, 0.2) is 0 Å². The minimum Gasteiger partial charge on any atom is -0.369 e. The molecule has 0 bridgehead atoms. The van der Waals surface area contributed by atoms with Crippen LogP contribution in [0.5, 0.6) is 0 Å². The zero-order chi connectivity index (χ0) is 11.1. The summed E-state index contributed by atoms with van der Waals surface area (Å²) in [6.07, 6.45) is 1.07. The van der Waals surface area contributed by atoms with Crippen LogP contribution in [0, 0.1) is 5.92 Å². The lowest BCUT2D eigenvalue weighted by atomic mass is 10.0. The smallest absolute Gasteiger partial charge is 0.246 e. The van der Waals surface area contributed by atoms with Gasteiger partial charge in [0.2, 0.25) is 5.91 Å². The van der Waals surface area contributed by atoms with E-state index in [0.29, 0.717) is 5.92 Å². The highest BCUT2D eigenvalue weighted by Gasteiger charge is 2.13. The number of nitrogens with one attached hydrogen (secondary N) is 1. The number of rotatable bonds is 6. The number of hydrogen-bond donors (Lipinski definition) is 1. The van der Waals surface area contributed by atoms with Gasteiger partial charge in [0.25, 0.3) is 0 Å². The van der Waals surface area contributed by atoms with Crippen molar-refractivity contribution in [2.75, 3.05) is 6.61 Å². The van der Waals surface area contributed by atoms with E-state index in [-0.39, 0.29) is 24.7 Å². The predicted molar refractivity (Wildman–Crippen MR) is 58.1 cm³/mol. The summed E-state index contributed by atoms with van der Waals surface area (Å²) in [5, 5.41) is 2.96. The zero-order valence-corrected chi connectivity index (χ0v) is 9.96. The molecule has 0 rings (SSSR count). The molecule has 0 aliphatic heterocycles. The van der Waals surface area contributed by atoms with Gasteiger partial charge >= 0.3 is 0 Å². The number of carbonyl (C=O) groups excluding carboxylic acids is 1. The normalized spacial score (nSPS) is 13.4. The SMILES string of the molecule is CCC(NC(=O)COC(C)C)C(C)C. The lowest BCUT2D eigenvalue weighted by molar-refractivity contribution is -0.128. The maximum atomic E-state index is 11.4. The summed E-state index contributed by atoms with van der Waals surface area (Å²) in [5.41, 5.74) is 0. The van der Waals surface area contributed by atoms with E-state index in [1.165, 1.54) is 0 Å². The summed E-state index contributed by atoms with van der Waals surface area (Å²) < 4.78 is 5.22. The van der Waals surface area contributed by atoms with E-state index in [1.54, 1.807) is 0 Å². The Kier molecular flexibility index (Phi) is 6.54. The minimum atomic E-state index is -0.0146. The first kappa shape index (κ1) is 13.4. The highest BCUT2D eigenvalue weighted by molar-refractivity contribution is 5.77. The van der Waals surface area contributed by atoms with Crippen molar-refractivity contribution in [2.45, 2.75) is 53.2 Å². The fraction of sp³-hybridized carbons (Fsp3) is 0.909. The highest BCUT2D eigenvalue weighted by Crippen LogP contribution is 2.04. The van der Waals surface area contributed by atoms with Crippen LogP contribution in [0.2, 0.25) is 0 Å². The van der Waals surface area contributed by atoms with Gasteiger partial charge in [-0.1, -0.05) is 20.8 Å². The van der Waals surface area contributed by atoms with Gasteiger partial charge in [0.1, 0.15) is 6.61 Å². The summed E-state index contributed by atoms with van der Waals surface area (Å²) in [6, 6.07) is 0.262. The Labute approximate surface area is 87.2 Å². The van der Waals surface area contributed by atoms with Gasteiger partial charge in [-0.15, -0.1) is 0 Å². The Morgan fingerprint density at radius 1 is 1.29 bits per heavy atom. The molecule has 0 fully saturated rings. The first-order valence-corrected chi connectivity index (χ1v) is 5.38. The van der Waals surface area contributed by atoms with Gasteiger partial charge in [-0.2, -0.15) is 0 Å². The van der Waals surface area contributed by atoms with Crippen LogP contribution in [-0.4, -0.2) is 24.7 Å². The zero-order valence-electron chi connectivity index (χ0n) is 9.96. The third kappa shape index (κ3) is 5.97. The van der Waals surface area contributed by atoms with E-state index < -0.39 is 0 Å². The second-order valence-corrected chi connectivity index (χ2v) is 4.19. The molecular formula is C11H23NO2. The molecular weight excluding hydrogens is 178 g/mol.